The van der Waals surface area contributed by atoms with Crippen LogP contribution in [-0.2, 0) is 4.79 Å². The Kier molecular flexibility index (Phi) is 5.39. The molecule has 0 radical (unpaired) electrons. The maximum absolute atomic E-state index is 12.2. The summed E-state index contributed by atoms with van der Waals surface area (Å²) in [6, 6.07) is 12.2. The fourth-order valence-electron chi connectivity index (χ4n) is 1.62. The van der Waals surface area contributed by atoms with Gasteiger partial charge in [0, 0.05) is 21.3 Å². The van der Waals surface area contributed by atoms with Gasteiger partial charge in [0.25, 0.3) is 0 Å². The average molecular weight is 341 g/mol. The van der Waals surface area contributed by atoms with E-state index in [4.69, 9.17) is 28.9 Å². The monoisotopic (exact) mass is 340 g/mol. The van der Waals surface area contributed by atoms with Crippen molar-refractivity contribution in [3.8, 4) is 0 Å². The number of nitrogens with two attached hydrogens (primary N) is 1. The van der Waals surface area contributed by atoms with E-state index in [1.165, 1.54) is 11.8 Å². The van der Waals surface area contributed by atoms with Crippen molar-refractivity contribution in [1.29, 1.82) is 0 Å². The Morgan fingerprint density at radius 2 is 1.86 bits per heavy atom. The quantitative estimate of drug-likeness (QED) is 0.626. The minimum Gasteiger partial charge on any atom is -0.399 e. The molecule has 1 atom stereocenters. The number of nitrogen functional groups attached to an aromatic ring is 1. The Labute approximate surface area is 137 Å². The van der Waals surface area contributed by atoms with Crippen LogP contribution >= 0.6 is 35.0 Å². The molecule has 2 rings (SSSR count). The maximum Gasteiger partial charge on any atom is 0.237 e. The fraction of sp³-hybridized carbons (Fsp3) is 0.133. The topological polar surface area (TPSA) is 55.1 Å². The third-order valence-corrected chi connectivity index (χ3v) is 4.58. The van der Waals surface area contributed by atoms with Crippen LogP contribution in [0.15, 0.2) is 47.4 Å². The first-order valence-electron chi connectivity index (χ1n) is 6.24. The smallest absolute Gasteiger partial charge is 0.237 e. The average Bonchev–Trinajstić information content (AvgIpc) is 2.45. The van der Waals surface area contributed by atoms with Crippen molar-refractivity contribution in [3.05, 3.63) is 52.5 Å². The van der Waals surface area contributed by atoms with Gasteiger partial charge in [0.15, 0.2) is 0 Å². The predicted octanol–water partition coefficient (Wildman–Crippen LogP) is 4.69. The summed E-state index contributed by atoms with van der Waals surface area (Å²) in [5, 5.41) is 3.70. The molecule has 0 saturated carbocycles. The molecule has 3 N–H and O–H groups in total. The highest BCUT2D eigenvalue weighted by Crippen LogP contribution is 2.33. The molecule has 0 bridgehead atoms. The molecule has 3 nitrogen and oxygen atoms in total. The van der Waals surface area contributed by atoms with Gasteiger partial charge in [-0.25, -0.2) is 0 Å². The molecule has 110 valence electrons. The van der Waals surface area contributed by atoms with E-state index in [-0.39, 0.29) is 11.2 Å². The van der Waals surface area contributed by atoms with Crippen molar-refractivity contribution in [2.45, 2.75) is 17.1 Å². The summed E-state index contributed by atoms with van der Waals surface area (Å²) in [6.45, 7) is 1.81. The number of carbonyl (C=O) groups excluding carboxylic acids is 1. The summed E-state index contributed by atoms with van der Waals surface area (Å²) in [5.41, 5.74) is 6.97. The van der Waals surface area contributed by atoms with Crippen LogP contribution in [-0.4, -0.2) is 11.2 Å². The fourth-order valence-corrected chi connectivity index (χ4v) is 3.03. The molecule has 0 aliphatic carbocycles. The SMILES string of the molecule is CC(Sc1cc(Cl)ccc1Cl)C(=O)Nc1ccc(N)cc1. The van der Waals surface area contributed by atoms with Gasteiger partial charge >= 0.3 is 0 Å². The zero-order valence-corrected chi connectivity index (χ0v) is 13.6. The Bertz CT molecular complexity index is 647. The van der Waals surface area contributed by atoms with Crippen LogP contribution < -0.4 is 11.1 Å². The zero-order valence-electron chi connectivity index (χ0n) is 11.3. The first-order valence-corrected chi connectivity index (χ1v) is 7.87. The molecule has 0 aliphatic heterocycles. The van der Waals surface area contributed by atoms with Gasteiger partial charge in [-0.05, 0) is 49.4 Å². The van der Waals surface area contributed by atoms with Crippen molar-refractivity contribution < 1.29 is 4.79 Å². The lowest BCUT2D eigenvalue weighted by atomic mass is 10.3. The summed E-state index contributed by atoms with van der Waals surface area (Å²) in [5.74, 6) is -0.110. The van der Waals surface area contributed by atoms with Crippen LogP contribution in [0.3, 0.4) is 0 Å². The first kappa shape index (κ1) is 16.0. The standard InChI is InChI=1S/C15H14Cl2N2OS/c1-9(21-14-8-10(16)2-7-13(14)17)15(20)19-12-5-3-11(18)4-6-12/h2-9H,18H2,1H3,(H,19,20). The minimum absolute atomic E-state index is 0.110. The number of hydrogen-bond acceptors (Lipinski definition) is 3. The van der Waals surface area contributed by atoms with Crippen LogP contribution in [0.4, 0.5) is 11.4 Å². The van der Waals surface area contributed by atoms with Gasteiger partial charge in [-0.15, -0.1) is 11.8 Å². The molecule has 0 aromatic heterocycles. The van der Waals surface area contributed by atoms with Gasteiger partial charge in [-0.2, -0.15) is 0 Å². The van der Waals surface area contributed by atoms with E-state index in [1.54, 1.807) is 42.5 Å². The Morgan fingerprint density at radius 1 is 1.19 bits per heavy atom. The van der Waals surface area contributed by atoms with E-state index < -0.39 is 0 Å². The van der Waals surface area contributed by atoms with Crippen molar-refractivity contribution in [3.63, 3.8) is 0 Å². The second-order valence-corrected chi connectivity index (χ2v) is 6.67. The summed E-state index contributed by atoms with van der Waals surface area (Å²) < 4.78 is 0. The Morgan fingerprint density at radius 3 is 2.52 bits per heavy atom. The van der Waals surface area contributed by atoms with Gasteiger partial charge in [0.05, 0.1) is 10.3 Å². The lowest BCUT2D eigenvalue weighted by molar-refractivity contribution is -0.115. The molecule has 1 unspecified atom stereocenters. The summed E-state index contributed by atoms with van der Waals surface area (Å²) in [6.07, 6.45) is 0. The number of thioether (sulfide) groups is 1. The molecule has 21 heavy (non-hydrogen) atoms. The number of amides is 1. The Hall–Kier alpha value is -1.36. The van der Waals surface area contributed by atoms with E-state index >= 15 is 0 Å². The van der Waals surface area contributed by atoms with Crippen molar-refractivity contribution in [2.75, 3.05) is 11.1 Å². The van der Waals surface area contributed by atoms with Crippen LogP contribution in [0.25, 0.3) is 0 Å². The zero-order chi connectivity index (χ0) is 15.4. The molecule has 0 saturated heterocycles. The molecule has 2 aromatic rings. The third-order valence-electron chi connectivity index (χ3n) is 2.74. The molecule has 0 aliphatic rings. The highest BCUT2D eigenvalue weighted by Gasteiger charge is 2.16. The molecule has 2 aromatic carbocycles. The van der Waals surface area contributed by atoms with E-state index in [0.717, 1.165) is 4.90 Å². The van der Waals surface area contributed by atoms with Crippen LogP contribution in [0.1, 0.15) is 6.92 Å². The van der Waals surface area contributed by atoms with Gasteiger partial charge < -0.3 is 11.1 Å². The van der Waals surface area contributed by atoms with Crippen molar-refractivity contribution in [2.24, 2.45) is 0 Å². The second-order valence-electron chi connectivity index (χ2n) is 4.45. The Balaban J connectivity index is 2.02. The van der Waals surface area contributed by atoms with Crippen LogP contribution in [0, 0.1) is 0 Å². The molecular formula is C15H14Cl2N2OS. The highest BCUT2D eigenvalue weighted by molar-refractivity contribution is 8.00. The molecule has 6 heteroatoms. The summed E-state index contributed by atoms with van der Waals surface area (Å²) >= 11 is 13.4. The second kappa shape index (κ2) is 7.07. The number of rotatable bonds is 4. The normalized spacial score (nSPS) is 12.0. The van der Waals surface area contributed by atoms with E-state index in [1.807, 2.05) is 6.92 Å². The van der Waals surface area contributed by atoms with E-state index in [2.05, 4.69) is 5.32 Å². The van der Waals surface area contributed by atoms with Crippen molar-refractivity contribution >= 4 is 52.2 Å². The lowest BCUT2D eigenvalue weighted by Gasteiger charge is -2.13. The van der Waals surface area contributed by atoms with Gasteiger partial charge in [-0.1, -0.05) is 23.2 Å². The van der Waals surface area contributed by atoms with Gasteiger partial charge in [-0.3, -0.25) is 4.79 Å². The summed E-state index contributed by atoms with van der Waals surface area (Å²) in [4.78, 5) is 12.9. The van der Waals surface area contributed by atoms with E-state index in [0.29, 0.717) is 21.4 Å². The number of carbonyl (C=O) groups is 1. The molecule has 0 fully saturated rings. The minimum atomic E-state index is -0.307. The number of halogens is 2. The number of nitrogens with one attached hydrogen (secondary N) is 1. The maximum atomic E-state index is 12.2. The molecule has 0 heterocycles. The third kappa shape index (κ3) is 4.56. The predicted molar refractivity (Wildman–Crippen MR) is 91.3 cm³/mol. The largest absolute Gasteiger partial charge is 0.399 e. The molecular weight excluding hydrogens is 327 g/mol. The van der Waals surface area contributed by atoms with Crippen LogP contribution in [0.5, 0.6) is 0 Å². The first-order chi connectivity index (χ1) is 9.95. The summed E-state index contributed by atoms with van der Waals surface area (Å²) in [7, 11) is 0. The molecule has 0 spiro atoms. The lowest BCUT2D eigenvalue weighted by Crippen LogP contribution is -2.22. The van der Waals surface area contributed by atoms with E-state index in [9.17, 15) is 4.79 Å². The highest BCUT2D eigenvalue weighted by atomic mass is 35.5. The molecule has 1 amide bonds. The van der Waals surface area contributed by atoms with Gasteiger partial charge in [0.1, 0.15) is 0 Å². The number of hydrogen-bond donors (Lipinski definition) is 2. The van der Waals surface area contributed by atoms with Crippen LogP contribution in [0.2, 0.25) is 10.0 Å². The van der Waals surface area contributed by atoms with Gasteiger partial charge in [0.2, 0.25) is 5.91 Å². The van der Waals surface area contributed by atoms with Crippen molar-refractivity contribution in [1.82, 2.24) is 0 Å². The number of benzene rings is 2. The number of anilines is 2.